The van der Waals surface area contributed by atoms with E-state index in [1.54, 1.807) is 6.92 Å². The molecule has 11 heavy (non-hydrogen) atoms. The van der Waals surface area contributed by atoms with E-state index in [-0.39, 0.29) is 0 Å². The average Bonchev–Trinajstić information content (AvgIpc) is 2.05. The van der Waals surface area contributed by atoms with Crippen LogP contribution in [0.5, 0.6) is 0 Å². The highest BCUT2D eigenvalue weighted by Crippen LogP contribution is 2.28. The molecule has 2 unspecified atom stereocenters. The van der Waals surface area contributed by atoms with Gasteiger partial charge in [0.2, 0.25) is 0 Å². The van der Waals surface area contributed by atoms with Crippen molar-refractivity contribution in [3.63, 3.8) is 0 Å². The minimum absolute atomic E-state index is 0.317. The van der Waals surface area contributed by atoms with Gasteiger partial charge in [-0.2, -0.15) is 0 Å². The van der Waals surface area contributed by atoms with Crippen molar-refractivity contribution in [2.24, 2.45) is 17.6 Å². The molecule has 0 aromatic heterocycles. The lowest BCUT2D eigenvalue weighted by molar-refractivity contribution is -0.122. The van der Waals surface area contributed by atoms with Crippen molar-refractivity contribution >= 4 is 5.78 Å². The fourth-order valence-electron chi connectivity index (χ4n) is 1.87. The number of nitrogens with two attached hydrogens (primary N) is 1. The predicted molar refractivity (Wildman–Crippen MR) is 45.2 cm³/mol. The summed E-state index contributed by atoms with van der Waals surface area (Å²) in [5.74, 6) is 1.28. The molecule has 1 aliphatic rings. The molecule has 0 aliphatic heterocycles. The summed E-state index contributed by atoms with van der Waals surface area (Å²) in [6.45, 7) is 2.45. The minimum atomic E-state index is 0.317. The summed E-state index contributed by atoms with van der Waals surface area (Å²) in [4.78, 5) is 11.0. The summed E-state index contributed by atoms with van der Waals surface area (Å²) in [6.07, 6.45) is 4.53. The summed E-state index contributed by atoms with van der Waals surface area (Å²) < 4.78 is 0. The van der Waals surface area contributed by atoms with Crippen molar-refractivity contribution < 1.29 is 4.79 Å². The molecule has 1 rings (SSSR count). The van der Waals surface area contributed by atoms with Crippen LogP contribution < -0.4 is 5.73 Å². The summed E-state index contributed by atoms with van der Waals surface area (Å²) in [5, 5.41) is 0. The molecule has 1 aliphatic carbocycles. The van der Waals surface area contributed by atoms with E-state index in [2.05, 4.69) is 0 Å². The number of Topliss-reactive ketones (excluding diaryl/α,β-unsaturated/α-hetero) is 1. The minimum Gasteiger partial charge on any atom is -0.330 e. The van der Waals surface area contributed by atoms with Crippen LogP contribution in [0.25, 0.3) is 0 Å². The molecule has 2 atom stereocenters. The second-order valence-corrected chi connectivity index (χ2v) is 3.58. The second kappa shape index (κ2) is 3.86. The Bertz CT molecular complexity index is 144. The molecular formula is C9H17NO. The molecule has 1 saturated carbocycles. The number of ketones is 1. The Hall–Kier alpha value is -0.370. The molecule has 2 nitrogen and oxygen atoms in total. The Kier molecular flexibility index (Phi) is 3.06. The molecule has 1 fully saturated rings. The number of hydrogen-bond donors (Lipinski definition) is 1. The molecule has 2 N–H and O–H groups in total. The summed E-state index contributed by atoms with van der Waals surface area (Å²) in [7, 11) is 0. The molecule has 0 aromatic rings. The lowest BCUT2D eigenvalue weighted by atomic mass is 9.80. The first kappa shape index (κ1) is 8.72. The molecule has 0 amide bonds. The SMILES string of the molecule is CC(=O)C1CCCC(CN)C1. The van der Waals surface area contributed by atoms with Crippen LogP contribution in [0.3, 0.4) is 0 Å². The van der Waals surface area contributed by atoms with Crippen molar-refractivity contribution in [3.05, 3.63) is 0 Å². The summed E-state index contributed by atoms with van der Waals surface area (Å²) >= 11 is 0. The van der Waals surface area contributed by atoms with E-state index >= 15 is 0 Å². The van der Waals surface area contributed by atoms with Crippen LogP contribution in [0.1, 0.15) is 32.6 Å². The number of carbonyl (C=O) groups excluding carboxylic acids is 1. The maximum atomic E-state index is 11.0. The smallest absolute Gasteiger partial charge is 0.132 e. The molecule has 0 bridgehead atoms. The lowest BCUT2D eigenvalue weighted by Crippen LogP contribution is -2.25. The zero-order valence-electron chi connectivity index (χ0n) is 7.18. The third kappa shape index (κ3) is 2.29. The largest absolute Gasteiger partial charge is 0.330 e. The Morgan fingerprint density at radius 1 is 1.55 bits per heavy atom. The summed E-state index contributed by atoms with van der Waals surface area (Å²) in [6, 6.07) is 0. The van der Waals surface area contributed by atoms with Crippen LogP contribution in [0.2, 0.25) is 0 Å². The van der Waals surface area contributed by atoms with E-state index in [1.807, 2.05) is 0 Å². The zero-order chi connectivity index (χ0) is 8.27. The van der Waals surface area contributed by atoms with E-state index in [0.717, 1.165) is 19.4 Å². The monoisotopic (exact) mass is 155 g/mol. The molecule has 0 aromatic carbocycles. The highest BCUT2D eigenvalue weighted by molar-refractivity contribution is 5.78. The van der Waals surface area contributed by atoms with Gasteiger partial charge in [-0.05, 0) is 38.6 Å². The van der Waals surface area contributed by atoms with Crippen LogP contribution in [0.4, 0.5) is 0 Å². The van der Waals surface area contributed by atoms with Crippen molar-refractivity contribution in [2.75, 3.05) is 6.54 Å². The van der Waals surface area contributed by atoms with E-state index in [4.69, 9.17) is 5.73 Å². The van der Waals surface area contributed by atoms with Crippen LogP contribution in [-0.4, -0.2) is 12.3 Å². The van der Waals surface area contributed by atoms with Gasteiger partial charge in [-0.3, -0.25) is 4.79 Å². The second-order valence-electron chi connectivity index (χ2n) is 3.58. The fourth-order valence-corrected chi connectivity index (χ4v) is 1.87. The van der Waals surface area contributed by atoms with Gasteiger partial charge in [0.05, 0.1) is 0 Å². The van der Waals surface area contributed by atoms with Gasteiger partial charge < -0.3 is 5.73 Å². The van der Waals surface area contributed by atoms with E-state index in [1.165, 1.54) is 12.8 Å². The van der Waals surface area contributed by atoms with Gasteiger partial charge in [-0.1, -0.05) is 6.42 Å². The Balaban J connectivity index is 2.39. The van der Waals surface area contributed by atoms with E-state index in [9.17, 15) is 4.79 Å². The first-order valence-corrected chi connectivity index (χ1v) is 4.44. The Labute approximate surface area is 68.2 Å². The van der Waals surface area contributed by atoms with E-state index in [0.29, 0.717) is 17.6 Å². The number of rotatable bonds is 2. The highest BCUT2D eigenvalue weighted by Gasteiger charge is 2.23. The maximum Gasteiger partial charge on any atom is 0.132 e. The fraction of sp³-hybridized carbons (Fsp3) is 0.889. The molecule has 0 saturated heterocycles. The van der Waals surface area contributed by atoms with Crippen LogP contribution in [0.15, 0.2) is 0 Å². The molecule has 0 radical (unpaired) electrons. The molecule has 0 spiro atoms. The normalized spacial score (nSPS) is 31.8. The Morgan fingerprint density at radius 2 is 2.27 bits per heavy atom. The zero-order valence-corrected chi connectivity index (χ0v) is 7.18. The van der Waals surface area contributed by atoms with Crippen LogP contribution in [0, 0.1) is 11.8 Å². The third-order valence-electron chi connectivity index (χ3n) is 2.69. The van der Waals surface area contributed by atoms with Gasteiger partial charge in [0.25, 0.3) is 0 Å². The standard InChI is InChI=1S/C9H17NO/c1-7(11)9-4-2-3-8(5-9)6-10/h8-9H,2-6,10H2,1H3. The topological polar surface area (TPSA) is 43.1 Å². The van der Waals surface area contributed by atoms with Crippen molar-refractivity contribution in [1.29, 1.82) is 0 Å². The quantitative estimate of drug-likeness (QED) is 0.654. The first-order chi connectivity index (χ1) is 5.24. The van der Waals surface area contributed by atoms with Crippen LogP contribution >= 0.6 is 0 Å². The molecule has 0 heterocycles. The highest BCUT2D eigenvalue weighted by atomic mass is 16.1. The maximum absolute atomic E-state index is 11.0. The molecular weight excluding hydrogens is 138 g/mol. The predicted octanol–water partition coefficient (Wildman–Crippen LogP) is 1.34. The summed E-state index contributed by atoms with van der Waals surface area (Å²) in [5.41, 5.74) is 5.55. The van der Waals surface area contributed by atoms with Gasteiger partial charge in [0.15, 0.2) is 0 Å². The van der Waals surface area contributed by atoms with Crippen molar-refractivity contribution in [1.82, 2.24) is 0 Å². The number of carbonyl (C=O) groups is 1. The average molecular weight is 155 g/mol. The molecule has 64 valence electrons. The third-order valence-corrected chi connectivity index (χ3v) is 2.69. The first-order valence-electron chi connectivity index (χ1n) is 4.44. The van der Waals surface area contributed by atoms with Crippen molar-refractivity contribution in [3.8, 4) is 0 Å². The van der Waals surface area contributed by atoms with Gasteiger partial charge in [0.1, 0.15) is 5.78 Å². The molecule has 2 heteroatoms. The van der Waals surface area contributed by atoms with Gasteiger partial charge in [-0.15, -0.1) is 0 Å². The Morgan fingerprint density at radius 3 is 2.82 bits per heavy atom. The van der Waals surface area contributed by atoms with Gasteiger partial charge in [-0.25, -0.2) is 0 Å². The van der Waals surface area contributed by atoms with Gasteiger partial charge in [0, 0.05) is 5.92 Å². The number of hydrogen-bond acceptors (Lipinski definition) is 2. The lowest BCUT2D eigenvalue weighted by Gasteiger charge is -2.26. The van der Waals surface area contributed by atoms with Gasteiger partial charge >= 0.3 is 0 Å². The van der Waals surface area contributed by atoms with Crippen molar-refractivity contribution in [2.45, 2.75) is 32.6 Å². The van der Waals surface area contributed by atoms with Crippen LogP contribution in [-0.2, 0) is 4.79 Å². The van der Waals surface area contributed by atoms with E-state index < -0.39 is 0 Å².